The first-order valence-corrected chi connectivity index (χ1v) is 5.74. The lowest BCUT2D eigenvalue weighted by atomic mass is 9.94. The van der Waals surface area contributed by atoms with E-state index in [0.717, 1.165) is 6.54 Å². The second kappa shape index (κ2) is 4.33. The van der Waals surface area contributed by atoms with E-state index in [0.29, 0.717) is 11.9 Å². The summed E-state index contributed by atoms with van der Waals surface area (Å²) >= 11 is 0. The molecule has 1 unspecified atom stereocenters. The molecule has 0 aromatic rings. The SMILES string of the molecule is CC1CCCCCN1C(=O)C(C)(C)C. The maximum Gasteiger partial charge on any atom is 0.228 e. The molecule has 1 amide bonds. The van der Waals surface area contributed by atoms with Crippen molar-refractivity contribution in [3.05, 3.63) is 0 Å². The summed E-state index contributed by atoms with van der Waals surface area (Å²) in [7, 11) is 0. The molecular weight excluding hydrogens is 174 g/mol. The topological polar surface area (TPSA) is 20.3 Å². The molecule has 1 saturated heterocycles. The fraction of sp³-hybridized carbons (Fsp3) is 0.917. The maximum absolute atomic E-state index is 12.1. The molecule has 0 aliphatic carbocycles. The Hall–Kier alpha value is -0.530. The number of hydrogen-bond acceptors (Lipinski definition) is 1. The minimum atomic E-state index is -0.224. The van der Waals surface area contributed by atoms with E-state index in [1.54, 1.807) is 0 Å². The monoisotopic (exact) mass is 197 g/mol. The summed E-state index contributed by atoms with van der Waals surface area (Å²) in [5.41, 5.74) is -0.224. The van der Waals surface area contributed by atoms with Gasteiger partial charge in [0.1, 0.15) is 0 Å². The highest BCUT2D eigenvalue weighted by Gasteiger charge is 2.30. The van der Waals surface area contributed by atoms with Gasteiger partial charge in [-0.3, -0.25) is 4.79 Å². The molecule has 1 aliphatic rings. The van der Waals surface area contributed by atoms with E-state index in [-0.39, 0.29) is 5.41 Å². The van der Waals surface area contributed by atoms with Crippen molar-refractivity contribution in [1.29, 1.82) is 0 Å². The Labute approximate surface area is 87.7 Å². The minimum absolute atomic E-state index is 0.224. The van der Waals surface area contributed by atoms with Crippen LogP contribution in [-0.4, -0.2) is 23.4 Å². The summed E-state index contributed by atoms with van der Waals surface area (Å²) in [6.07, 6.45) is 4.89. The van der Waals surface area contributed by atoms with Crippen LogP contribution in [0.4, 0.5) is 0 Å². The molecule has 0 N–H and O–H groups in total. The number of rotatable bonds is 0. The van der Waals surface area contributed by atoms with Crippen LogP contribution in [0, 0.1) is 5.41 Å². The van der Waals surface area contributed by atoms with Gasteiger partial charge >= 0.3 is 0 Å². The van der Waals surface area contributed by atoms with Gasteiger partial charge in [-0.2, -0.15) is 0 Å². The van der Waals surface area contributed by atoms with Crippen LogP contribution in [-0.2, 0) is 4.79 Å². The zero-order chi connectivity index (χ0) is 10.8. The minimum Gasteiger partial charge on any atom is -0.340 e. The first kappa shape index (κ1) is 11.5. The van der Waals surface area contributed by atoms with Gasteiger partial charge in [0.15, 0.2) is 0 Å². The summed E-state index contributed by atoms with van der Waals surface area (Å²) < 4.78 is 0. The third-order valence-corrected chi connectivity index (χ3v) is 2.96. The molecule has 1 heterocycles. The molecule has 0 saturated carbocycles. The van der Waals surface area contributed by atoms with Crippen molar-refractivity contribution in [2.75, 3.05) is 6.54 Å². The first-order chi connectivity index (χ1) is 6.43. The normalized spacial score (nSPS) is 24.6. The largest absolute Gasteiger partial charge is 0.340 e. The van der Waals surface area contributed by atoms with Crippen LogP contribution in [0.15, 0.2) is 0 Å². The number of amides is 1. The van der Waals surface area contributed by atoms with Gasteiger partial charge in [0.25, 0.3) is 0 Å². The van der Waals surface area contributed by atoms with Gasteiger partial charge in [0.2, 0.25) is 5.91 Å². The van der Waals surface area contributed by atoms with E-state index in [1.165, 1.54) is 25.7 Å². The number of nitrogens with zero attached hydrogens (tertiary/aromatic N) is 1. The smallest absolute Gasteiger partial charge is 0.228 e. The molecule has 2 heteroatoms. The Morgan fingerprint density at radius 3 is 2.43 bits per heavy atom. The van der Waals surface area contributed by atoms with E-state index in [2.05, 4.69) is 11.8 Å². The van der Waals surface area contributed by atoms with E-state index >= 15 is 0 Å². The lowest BCUT2D eigenvalue weighted by Crippen LogP contribution is -2.44. The Balaban J connectivity index is 2.69. The third-order valence-electron chi connectivity index (χ3n) is 2.96. The van der Waals surface area contributed by atoms with Gasteiger partial charge in [-0.05, 0) is 19.8 Å². The van der Waals surface area contributed by atoms with Crippen LogP contribution >= 0.6 is 0 Å². The predicted molar refractivity (Wildman–Crippen MR) is 59.1 cm³/mol. The summed E-state index contributed by atoms with van der Waals surface area (Å²) in [5.74, 6) is 0.312. The van der Waals surface area contributed by atoms with Crippen LogP contribution in [0.3, 0.4) is 0 Å². The number of hydrogen-bond donors (Lipinski definition) is 0. The Bertz CT molecular complexity index is 205. The van der Waals surface area contributed by atoms with E-state index in [9.17, 15) is 4.79 Å². The molecule has 82 valence electrons. The van der Waals surface area contributed by atoms with Crippen LogP contribution in [0.2, 0.25) is 0 Å². The van der Waals surface area contributed by atoms with E-state index in [4.69, 9.17) is 0 Å². The van der Waals surface area contributed by atoms with Gasteiger partial charge in [0.05, 0.1) is 0 Å². The zero-order valence-corrected chi connectivity index (χ0v) is 9.97. The summed E-state index contributed by atoms with van der Waals surface area (Å²) in [4.78, 5) is 14.2. The molecule has 0 spiro atoms. The molecular formula is C12H23NO. The van der Waals surface area contributed by atoms with Gasteiger partial charge in [-0.1, -0.05) is 33.6 Å². The Kier molecular flexibility index (Phi) is 3.57. The third kappa shape index (κ3) is 2.73. The molecule has 2 nitrogen and oxygen atoms in total. The van der Waals surface area contributed by atoms with Crippen LogP contribution in [0.25, 0.3) is 0 Å². The molecule has 0 radical (unpaired) electrons. The van der Waals surface area contributed by atoms with Crippen molar-refractivity contribution >= 4 is 5.91 Å². The highest BCUT2D eigenvalue weighted by Crippen LogP contribution is 2.23. The number of carbonyl (C=O) groups excluding carboxylic acids is 1. The highest BCUT2D eigenvalue weighted by molar-refractivity contribution is 5.81. The van der Waals surface area contributed by atoms with Crippen molar-refractivity contribution in [1.82, 2.24) is 4.90 Å². The second-order valence-corrected chi connectivity index (χ2v) is 5.45. The molecule has 1 rings (SSSR count). The second-order valence-electron chi connectivity index (χ2n) is 5.45. The molecule has 1 fully saturated rings. The standard InChI is InChI=1S/C12H23NO/c1-10-8-6-5-7-9-13(10)11(14)12(2,3)4/h10H,5-9H2,1-4H3. The number of likely N-dealkylation sites (tertiary alicyclic amines) is 1. The van der Waals surface area contributed by atoms with E-state index in [1.807, 2.05) is 20.8 Å². The van der Waals surface area contributed by atoms with Gasteiger partial charge in [-0.15, -0.1) is 0 Å². The fourth-order valence-electron chi connectivity index (χ4n) is 2.01. The van der Waals surface area contributed by atoms with E-state index < -0.39 is 0 Å². The molecule has 14 heavy (non-hydrogen) atoms. The zero-order valence-electron chi connectivity index (χ0n) is 9.97. The molecule has 1 aliphatic heterocycles. The van der Waals surface area contributed by atoms with Crippen molar-refractivity contribution in [3.63, 3.8) is 0 Å². The van der Waals surface area contributed by atoms with Crippen molar-refractivity contribution in [3.8, 4) is 0 Å². The Morgan fingerprint density at radius 1 is 1.21 bits per heavy atom. The summed E-state index contributed by atoms with van der Waals surface area (Å²) in [6.45, 7) is 9.15. The lowest BCUT2D eigenvalue weighted by molar-refractivity contribution is -0.141. The Morgan fingerprint density at radius 2 is 1.86 bits per heavy atom. The quantitative estimate of drug-likeness (QED) is 0.585. The van der Waals surface area contributed by atoms with Gasteiger partial charge in [-0.25, -0.2) is 0 Å². The average Bonchev–Trinajstić information content (AvgIpc) is 2.27. The van der Waals surface area contributed by atoms with Gasteiger partial charge < -0.3 is 4.90 Å². The lowest BCUT2D eigenvalue weighted by Gasteiger charge is -2.33. The highest BCUT2D eigenvalue weighted by atomic mass is 16.2. The predicted octanol–water partition coefficient (Wildman–Crippen LogP) is 2.82. The van der Waals surface area contributed by atoms with Crippen molar-refractivity contribution in [2.24, 2.45) is 5.41 Å². The van der Waals surface area contributed by atoms with Crippen LogP contribution < -0.4 is 0 Å². The molecule has 0 bridgehead atoms. The first-order valence-electron chi connectivity index (χ1n) is 5.74. The number of carbonyl (C=O) groups is 1. The molecule has 1 atom stereocenters. The summed E-state index contributed by atoms with van der Waals surface area (Å²) in [6, 6.07) is 0.434. The maximum atomic E-state index is 12.1. The average molecular weight is 197 g/mol. The summed E-state index contributed by atoms with van der Waals surface area (Å²) in [5, 5.41) is 0. The van der Waals surface area contributed by atoms with Crippen LogP contribution in [0.1, 0.15) is 53.4 Å². The van der Waals surface area contributed by atoms with Crippen molar-refractivity contribution in [2.45, 2.75) is 59.4 Å². The molecule has 0 aromatic carbocycles. The van der Waals surface area contributed by atoms with Crippen LogP contribution in [0.5, 0.6) is 0 Å². The molecule has 0 aromatic heterocycles. The fourth-order valence-corrected chi connectivity index (χ4v) is 2.01. The van der Waals surface area contributed by atoms with Gasteiger partial charge in [0, 0.05) is 18.0 Å². The van der Waals surface area contributed by atoms with Crippen molar-refractivity contribution < 1.29 is 4.79 Å².